The van der Waals surface area contributed by atoms with Crippen LogP contribution in [0.2, 0.25) is 0 Å². The summed E-state index contributed by atoms with van der Waals surface area (Å²) >= 11 is 0. The Morgan fingerprint density at radius 1 is 0.970 bits per heavy atom. The van der Waals surface area contributed by atoms with Crippen molar-refractivity contribution in [3.8, 4) is 0 Å². The minimum atomic E-state index is -0.367. The van der Waals surface area contributed by atoms with Crippen molar-refractivity contribution in [1.82, 2.24) is 10.0 Å². The zero-order valence-corrected chi connectivity index (χ0v) is 19.4. The Morgan fingerprint density at radius 2 is 1.73 bits per heavy atom. The molecule has 2 aromatic carbocycles. The highest BCUT2D eigenvalue weighted by Crippen LogP contribution is 2.16. The third-order valence-electron chi connectivity index (χ3n) is 5.78. The molecule has 33 heavy (non-hydrogen) atoms. The van der Waals surface area contributed by atoms with Gasteiger partial charge in [-0.1, -0.05) is 36.4 Å². The van der Waals surface area contributed by atoms with Crippen molar-refractivity contribution in [2.45, 2.75) is 38.7 Å². The second kappa shape index (κ2) is 12.3. The monoisotopic (exact) mass is 452 g/mol. The van der Waals surface area contributed by atoms with E-state index in [0.29, 0.717) is 50.9 Å². The zero-order valence-electron chi connectivity index (χ0n) is 19.4. The first-order valence-corrected chi connectivity index (χ1v) is 11.3. The molecule has 0 saturated carbocycles. The van der Waals surface area contributed by atoms with Crippen molar-refractivity contribution >= 4 is 17.7 Å². The van der Waals surface area contributed by atoms with Crippen molar-refractivity contribution in [3.05, 3.63) is 70.8 Å². The molecular weight excluding hydrogens is 420 g/mol. The van der Waals surface area contributed by atoms with Gasteiger partial charge < -0.3 is 9.47 Å². The number of ether oxygens (including phenoxy) is 2. The van der Waals surface area contributed by atoms with Crippen molar-refractivity contribution in [1.29, 1.82) is 0 Å². The fourth-order valence-electron chi connectivity index (χ4n) is 4.05. The summed E-state index contributed by atoms with van der Waals surface area (Å²) in [7, 11) is 3.01. The van der Waals surface area contributed by atoms with E-state index in [2.05, 4.69) is 0 Å². The van der Waals surface area contributed by atoms with Crippen LogP contribution in [0.1, 0.15) is 46.3 Å². The third-order valence-corrected chi connectivity index (χ3v) is 5.78. The van der Waals surface area contributed by atoms with Crippen molar-refractivity contribution in [2.75, 3.05) is 33.9 Å². The van der Waals surface area contributed by atoms with Crippen molar-refractivity contribution in [2.24, 2.45) is 0 Å². The van der Waals surface area contributed by atoms with Gasteiger partial charge in [-0.3, -0.25) is 14.6 Å². The van der Waals surface area contributed by atoms with Crippen LogP contribution in [0.15, 0.2) is 48.5 Å². The smallest absolute Gasteiger partial charge is 0.337 e. The first-order chi connectivity index (χ1) is 16.0. The number of hydrogen-bond acceptors (Lipinski definition) is 6. The first-order valence-electron chi connectivity index (χ1n) is 11.3. The number of esters is 1. The normalized spacial score (nSPS) is 14.4. The van der Waals surface area contributed by atoms with E-state index in [1.54, 1.807) is 24.3 Å². The number of amides is 1. The Hall–Kier alpha value is -3.03. The summed E-state index contributed by atoms with van der Waals surface area (Å²) in [4.78, 5) is 36.8. The summed E-state index contributed by atoms with van der Waals surface area (Å²) in [6.07, 6.45) is 2.77. The van der Waals surface area contributed by atoms with Crippen LogP contribution in [0.4, 0.5) is 0 Å². The van der Waals surface area contributed by atoms with E-state index >= 15 is 0 Å². The molecular formula is C26H32N2O5. The van der Waals surface area contributed by atoms with E-state index in [9.17, 15) is 14.4 Å². The van der Waals surface area contributed by atoms with E-state index in [0.717, 1.165) is 29.7 Å². The lowest BCUT2D eigenvalue weighted by Crippen LogP contribution is -2.51. The number of carbonyl (C=O) groups excluding carboxylic acids is 3. The molecule has 1 amide bonds. The maximum atomic E-state index is 12.6. The average molecular weight is 453 g/mol. The molecule has 1 aliphatic heterocycles. The van der Waals surface area contributed by atoms with E-state index in [1.807, 2.05) is 41.4 Å². The van der Waals surface area contributed by atoms with Crippen molar-refractivity contribution in [3.63, 3.8) is 0 Å². The number of Topliss-reactive ketones (excluding diaryl/α,β-unsaturated/α-hetero) is 1. The highest BCUT2D eigenvalue weighted by molar-refractivity contribution is 5.89. The van der Waals surface area contributed by atoms with Crippen LogP contribution in [-0.2, 0) is 38.5 Å². The molecule has 0 radical (unpaired) electrons. The summed E-state index contributed by atoms with van der Waals surface area (Å²) < 4.78 is 9.89. The number of methoxy groups -OCH3 is 2. The van der Waals surface area contributed by atoms with Crippen LogP contribution in [0.3, 0.4) is 0 Å². The molecule has 0 aromatic heterocycles. The third kappa shape index (κ3) is 7.23. The molecule has 0 N–H and O–H groups in total. The summed E-state index contributed by atoms with van der Waals surface area (Å²) in [5.41, 5.74) is 3.57. The lowest BCUT2D eigenvalue weighted by molar-refractivity contribution is -0.156. The first kappa shape index (κ1) is 24.6. The Balaban J connectivity index is 1.53. The summed E-state index contributed by atoms with van der Waals surface area (Å²) in [6.45, 7) is 2.37. The maximum absolute atomic E-state index is 12.6. The molecule has 176 valence electrons. The molecule has 0 unspecified atom stereocenters. The van der Waals surface area contributed by atoms with Crippen LogP contribution in [-0.4, -0.2) is 61.5 Å². The van der Waals surface area contributed by atoms with Crippen LogP contribution in [0.25, 0.3) is 0 Å². The summed E-state index contributed by atoms with van der Waals surface area (Å²) in [5, 5.41) is 3.79. The highest BCUT2D eigenvalue weighted by atomic mass is 16.5. The number of benzene rings is 2. The van der Waals surface area contributed by atoms with Gasteiger partial charge in [-0.05, 0) is 41.7 Å². The van der Waals surface area contributed by atoms with E-state index in [-0.39, 0.29) is 17.7 Å². The molecule has 1 heterocycles. The second-order valence-corrected chi connectivity index (χ2v) is 8.23. The van der Waals surface area contributed by atoms with Crippen LogP contribution in [0.5, 0.6) is 0 Å². The minimum Gasteiger partial charge on any atom is -0.465 e. The summed E-state index contributed by atoms with van der Waals surface area (Å²) in [5.74, 6) is -0.123. The molecule has 1 fully saturated rings. The predicted octanol–water partition coefficient (Wildman–Crippen LogP) is 3.20. The Kier molecular flexibility index (Phi) is 9.15. The second-order valence-electron chi connectivity index (χ2n) is 8.23. The van der Waals surface area contributed by atoms with Crippen molar-refractivity contribution < 1.29 is 23.9 Å². The van der Waals surface area contributed by atoms with E-state index in [4.69, 9.17) is 9.47 Å². The quantitative estimate of drug-likeness (QED) is 0.488. The van der Waals surface area contributed by atoms with Crippen LogP contribution < -0.4 is 0 Å². The fraction of sp³-hybridized carbons (Fsp3) is 0.423. The van der Waals surface area contributed by atoms with E-state index < -0.39 is 0 Å². The number of ketones is 1. The SMILES string of the molecule is COCc1cccc(CC(=O)CCN2CCCC(=O)N2CCc2ccc(C(=O)OC)cc2)c1. The molecule has 7 heteroatoms. The van der Waals surface area contributed by atoms with Crippen LogP contribution in [0, 0.1) is 0 Å². The van der Waals surface area contributed by atoms with Gasteiger partial charge in [-0.2, -0.15) is 0 Å². The van der Waals surface area contributed by atoms with Gasteiger partial charge in [0, 0.05) is 46.0 Å². The lowest BCUT2D eigenvalue weighted by atomic mass is 10.0. The molecule has 0 aliphatic carbocycles. The van der Waals surface area contributed by atoms with E-state index in [1.165, 1.54) is 7.11 Å². The lowest BCUT2D eigenvalue weighted by Gasteiger charge is -2.38. The fourth-order valence-corrected chi connectivity index (χ4v) is 4.05. The minimum absolute atomic E-state index is 0.0900. The van der Waals surface area contributed by atoms with Gasteiger partial charge in [-0.25, -0.2) is 9.80 Å². The molecule has 7 nitrogen and oxygen atoms in total. The van der Waals surface area contributed by atoms with Gasteiger partial charge in [-0.15, -0.1) is 0 Å². The Labute approximate surface area is 195 Å². The Morgan fingerprint density at radius 3 is 2.45 bits per heavy atom. The van der Waals surface area contributed by atoms with Gasteiger partial charge >= 0.3 is 5.97 Å². The number of hydrogen-bond donors (Lipinski definition) is 0. The number of nitrogens with zero attached hydrogens (tertiary/aromatic N) is 2. The Bertz CT molecular complexity index is 957. The van der Waals surface area contributed by atoms with Gasteiger partial charge in [0.1, 0.15) is 5.78 Å². The maximum Gasteiger partial charge on any atom is 0.337 e. The largest absolute Gasteiger partial charge is 0.465 e. The van der Waals surface area contributed by atoms with Gasteiger partial charge in [0.25, 0.3) is 0 Å². The number of hydrazine groups is 1. The highest BCUT2D eigenvalue weighted by Gasteiger charge is 2.26. The standard InChI is InChI=1S/C26H32N2O5/c1-32-19-22-6-3-5-21(17-22)18-24(29)13-15-27-14-4-7-25(30)28(27)16-12-20-8-10-23(11-9-20)26(31)33-2/h3,5-6,8-11,17H,4,7,12-16,18-19H2,1-2H3. The molecule has 0 atom stereocenters. The zero-order chi connectivity index (χ0) is 23.6. The average Bonchev–Trinajstić information content (AvgIpc) is 2.82. The van der Waals surface area contributed by atoms with Gasteiger partial charge in [0.15, 0.2) is 0 Å². The molecule has 1 saturated heterocycles. The molecule has 1 aliphatic rings. The molecule has 3 rings (SSSR count). The topological polar surface area (TPSA) is 76.2 Å². The molecule has 2 aromatic rings. The van der Waals surface area contributed by atoms with Gasteiger partial charge in [0.05, 0.1) is 19.3 Å². The molecule has 0 spiro atoms. The predicted molar refractivity (Wildman–Crippen MR) is 124 cm³/mol. The number of carbonyl (C=O) groups is 3. The van der Waals surface area contributed by atoms with Gasteiger partial charge in [0.2, 0.25) is 5.91 Å². The van der Waals surface area contributed by atoms with Crippen LogP contribution >= 0.6 is 0 Å². The number of rotatable bonds is 11. The summed E-state index contributed by atoms with van der Waals surface area (Å²) in [6, 6.07) is 15.1. The molecule has 0 bridgehead atoms.